The van der Waals surface area contributed by atoms with Crippen molar-refractivity contribution >= 4 is 18.3 Å². The van der Waals surface area contributed by atoms with Gasteiger partial charge in [0.15, 0.2) is 0 Å². The molecule has 1 amide bonds. The summed E-state index contributed by atoms with van der Waals surface area (Å²) < 4.78 is 0. The summed E-state index contributed by atoms with van der Waals surface area (Å²) in [6.45, 7) is 8.61. The zero-order chi connectivity index (χ0) is 16.9. The Morgan fingerprint density at radius 3 is 2.68 bits per heavy atom. The number of likely N-dealkylation sites (tertiary alicyclic amines) is 1. The number of nitrogens with one attached hydrogen (secondary N) is 1. The number of benzene rings is 1. The molecule has 2 fully saturated rings. The predicted octanol–water partition coefficient (Wildman–Crippen LogP) is 4.09. The number of carbonyl (C=O) groups excluding carboxylic acids is 1. The van der Waals surface area contributed by atoms with Gasteiger partial charge in [0.2, 0.25) is 5.91 Å². The number of nitrogens with zero attached hydrogens (tertiary/aromatic N) is 1. The molecule has 140 valence electrons. The highest BCUT2D eigenvalue weighted by Crippen LogP contribution is 2.33. The van der Waals surface area contributed by atoms with Crippen LogP contribution >= 0.6 is 12.4 Å². The highest BCUT2D eigenvalue weighted by Gasteiger charge is 2.31. The van der Waals surface area contributed by atoms with Gasteiger partial charge in [-0.05, 0) is 61.6 Å². The Bertz CT molecular complexity index is 530. The second kappa shape index (κ2) is 9.59. The third-order valence-corrected chi connectivity index (χ3v) is 6.12. The minimum atomic E-state index is 0. The molecule has 0 aromatic heterocycles. The molecule has 0 aliphatic carbocycles. The van der Waals surface area contributed by atoms with Crippen LogP contribution in [0.2, 0.25) is 0 Å². The third-order valence-electron chi connectivity index (χ3n) is 6.12. The Kier molecular flexibility index (Phi) is 7.77. The second-order valence-corrected chi connectivity index (χ2v) is 7.91. The molecule has 0 spiro atoms. The molecule has 0 bridgehead atoms. The molecule has 1 aromatic carbocycles. The molecule has 1 aromatic rings. The Labute approximate surface area is 159 Å². The minimum absolute atomic E-state index is 0. The topological polar surface area (TPSA) is 32.3 Å². The molecular weight excluding hydrogens is 332 g/mol. The molecule has 3 rings (SSSR count). The average molecular weight is 365 g/mol. The molecule has 2 heterocycles. The van der Waals surface area contributed by atoms with Gasteiger partial charge in [-0.2, -0.15) is 0 Å². The van der Waals surface area contributed by atoms with Crippen molar-refractivity contribution < 1.29 is 4.79 Å². The van der Waals surface area contributed by atoms with E-state index in [1.54, 1.807) is 0 Å². The molecule has 0 saturated carbocycles. The van der Waals surface area contributed by atoms with Crippen molar-refractivity contribution in [2.45, 2.75) is 45.4 Å². The van der Waals surface area contributed by atoms with Gasteiger partial charge < -0.3 is 10.2 Å². The Morgan fingerprint density at radius 1 is 1.28 bits per heavy atom. The molecule has 4 atom stereocenters. The average Bonchev–Trinajstić information content (AvgIpc) is 2.63. The van der Waals surface area contributed by atoms with Gasteiger partial charge in [-0.1, -0.05) is 44.2 Å². The fourth-order valence-corrected chi connectivity index (χ4v) is 4.50. The fraction of sp³-hybridized carbons (Fsp3) is 0.667. The number of piperidine rings is 2. The van der Waals surface area contributed by atoms with Crippen molar-refractivity contribution in [3.8, 4) is 0 Å². The highest BCUT2D eigenvalue weighted by molar-refractivity contribution is 5.85. The summed E-state index contributed by atoms with van der Waals surface area (Å²) >= 11 is 0. The summed E-state index contributed by atoms with van der Waals surface area (Å²) in [6, 6.07) is 10.8. The van der Waals surface area contributed by atoms with E-state index < -0.39 is 0 Å². The van der Waals surface area contributed by atoms with Crippen LogP contribution in [0.25, 0.3) is 0 Å². The number of hydrogen-bond donors (Lipinski definition) is 1. The van der Waals surface area contributed by atoms with E-state index in [4.69, 9.17) is 0 Å². The number of halogens is 1. The molecule has 2 saturated heterocycles. The first kappa shape index (κ1) is 20.3. The largest absolute Gasteiger partial charge is 0.342 e. The quantitative estimate of drug-likeness (QED) is 0.872. The van der Waals surface area contributed by atoms with E-state index >= 15 is 0 Å². The summed E-state index contributed by atoms with van der Waals surface area (Å²) in [5.74, 6) is 2.66. The van der Waals surface area contributed by atoms with Crippen molar-refractivity contribution in [3.05, 3.63) is 35.9 Å². The summed E-state index contributed by atoms with van der Waals surface area (Å²) in [7, 11) is 0. The van der Waals surface area contributed by atoms with Crippen molar-refractivity contribution in [1.82, 2.24) is 10.2 Å². The van der Waals surface area contributed by atoms with E-state index in [2.05, 4.69) is 54.4 Å². The number of carbonyl (C=O) groups is 1. The maximum Gasteiger partial charge on any atom is 0.222 e. The summed E-state index contributed by atoms with van der Waals surface area (Å²) in [4.78, 5) is 14.9. The van der Waals surface area contributed by atoms with Crippen molar-refractivity contribution in [3.63, 3.8) is 0 Å². The van der Waals surface area contributed by atoms with Gasteiger partial charge in [-0.15, -0.1) is 12.4 Å². The van der Waals surface area contributed by atoms with Crippen LogP contribution in [0.1, 0.15) is 51.0 Å². The standard InChI is InChI=1S/C21H32N2O.ClH/c1-16(19-9-6-11-22-14-19)13-21(24)23-12-10-20(17(2)15-23)18-7-4-3-5-8-18;/h3-5,7-8,16-17,19-20,22H,6,9-15H2,1-2H3;1H. The van der Waals surface area contributed by atoms with Crippen LogP contribution in [0.3, 0.4) is 0 Å². The zero-order valence-corrected chi connectivity index (χ0v) is 16.4. The van der Waals surface area contributed by atoms with Gasteiger partial charge in [0.05, 0.1) is 0 Å². The highest BCUT2D eigenvalue weighted by atomic mass is 35.5. The monoisotopic (exact) mass is 364 g/mol. The summed E-state index contributed by atoms with van der Waals surface area (Å²) in [5, 5.41) is 3.47. The third kappa shape index (κ3) is 5.21. The van der Waals surface area contributed by atoms with E-state index in [0.29, 0.717) is 29.6 Å². The van der Waals surface area contributed by atoms with E-state index in [1.807, 2.05) is 0 Å². The lowest BCUT2D eigenvalue weighted by atomic mass is 9.81. The van der Waals surface area contributed by atoms with Crippen LogP contribution in [0.4, 0.5) is 0 Å². The zero-order valence-electron chi connectivity index (χ0n) is 15.6. The first-order valence-electron chi connectivity index (χ1n) is 9.68. The molecule has 4 unspecified atom stereocenters. The van der Waals surface area contributed by atoms with E-state index in [0.717, 1.165) is 39.0 Å². The Balaban J connectivity index is 0.00000225. The van der Waals surface area contributed by atoms with Gasteiger partial charge >= 0.3 is 0 Å². The molecule has 0 radical (unpaired) electrons. The second-order valence-electron chi connectivity index (χ2n) is 7.91. The van der Waals surface area contributed by atoms with Crippen molar-refractivity contribution in [2.24, 2.45) is 17.8 Å². The van der Waals surface area contributed by atoms with Gasteiger partial charge in [0.1, 0.15) is 0 Å². The Morgan fingerprint density at radius 2 is 2.04 bits per heavy atom. The van der Waals surface area contributed by atoms with Gasteiger partial charge in [-0.3, -0.25) is 4.79 Å². The summed E-state index contributed by atoms with van der Waals surface area (Å²) in [5.41, 5.74) is 1.43. The molecule has 3 nitrogen and oxygen atoms in total. The van der Waals surface area contributed by atoms with Crippen LogP contribution in [-0.2, 0) is 4.79 Å². The molecule has 2 aliphatic heterocycles. The maximum atomic E-state index is 12.7. The van der Waals surface area contributed by atoms with E-state index in [9.17, 15) is 4.79 Å². The normalized spacial score (nSPS) is 28.1. The van der Waals surface area contributed by atoms with Gasteiger partial charge in [0, 0.05) is 19.5 Å². The van der Waals surface area contributed by atoms with Crippen LogP contribution in [0, 0.1) is 17.8 Å². The molecule has 2 aliphatic rings. The minimum Gasteiger partial charge on any atom is -0.342 e. The van der Waals surface area contributed by atoms with Crippen LogP contribution in [-0.4, -0.2) is 37.0 Å². The lowest BCUT2D eigenvalue weighted by molar-refractivity contribution is -0.134. The summed E-state index contributed by atoms with van der Waals surface area (Å²) in [6.07, 6.45) is 4.34. The van der Waals surface area contributed by atoms with Crippen LogP contribution in [0.5, 0.6) is 0 Å². The van der Waals surface area contributed by atoms with Crippen molar-refractivity contribution in [2.75, 3.05) is 26.2 Å². The van der Waals surface area contributed by atoms with E-state index in [1.165, 1.54) is 18.4 Å². The van der Waals surface area contributed by atoms with Gasteiger partial charge in [0.25, 0.3) is 0 Å². The maximum absolute atomic E-state index is 12.7. The lowest BCUT2D eigenvalue weighted by Gasteiger charge is -2.38. The van der Waals surface area contributed by atoms with Crippen LogP contribution in [0.15, 0.2) is 30.3 Å². The number of hydrogen-bond acceptors (Lipinski definition) is 2. The fourth-order valence-electron chi connectivity index (χ4n) is 4.50. The van der Waals surface area contributed by atoms with Crippen LogP contribution < -0.4 is 5.32 Å². The first-order valence-corrected chi connectivity index (χ1v) is 9.68. The SMILES string of the molecule is CC(CC(=O)N1CCC(c2ccccc2)C(C)C1)C1CCCNC1.Cl. The van der Waals surface area contributed by atoms with E-state index in [-0.39, 0.29) is 12.4 Å². The first-order chi connectivity index (χ1) is 11.6. The molecular formula is C21H33ClN2O. The van der Waals surface area contributed by atoms with Gasteiger partial charge in [-0.25, -0.2) is 0 Å². The molecule has 1 N–H and O–H groups in total. The molecule has 25 heavy (non-hydrogen) atoms. The number of rotatable bonds is 4. The van der Waals surface area contributed by atoms with Crippen molar-refractivity contribution in [1.29, 1.82) is 0 Å². The lowest BCUT2D eigenvalue weighted by Crippen LogP contribution is -2.43. The molecule has 4 heteroatoms. The smallest absolute Gasteiger partial charge is 0.222 e. The number of amides is 1. The predicted molar refractivity (Wildman–Crippen MR) is 106 cm³/mol. The Hall–Kier alpha value is -1.06.